The third-order valence-corrected chi connectivity index (χ3v) is 15.7. The van der Waals surface area contributed by atoms with Crippen molar-refractivity contribution in [2.45, 2.75) is 138 Å². The van der Waals surface area contributed by atoms with E-state index in [0.29, 0.717) is 49.5 Å². The van der Waals surface area contributed by atoms with E-state index in [1.54, 1.807) is 20.8 Å². The number of hydrogen-bond acceptors (Lipinski definition) is 13. The van der Waals surface area contributed by atoms with Crippen molar-refractivity contribution in [2.75, 3.05) is 0 Å². The lowest BCUT2D eigenvalue weighted by Crippen LogP contribution is -2.39. The highest BCUT2D eigenvalue weighted by Gasteiger charge is 2.47. The maximum absolute atomic E-state index is 14.7. The first kappa shape index (κ1) is 47.8. The SMILES string of the molecule is CCCCC(CC)C(=O)Oc1c2c(c(OC(=O)C(CC)CCCC)c3c1SC(=C1C(=O)N(Cc4ccccc4)N(Cc4ccccc4)C1=O)S3)SC(=C(C#N)C(=O)OC(C)(C)C)S2. The van der Waals surface area contributed by atoms with Gasteiger partial charge in [0.1, 0.15) is 17.2 Å². The summed E-state index contributed by atoms with van der Waals surface area (Å²) in [5, 5.41) is 13.3. The predicted octanol–water partition coefficient (Wildman–Crippen LogP) is 11.6. The van der Waals surface area contributed by atoms with Gasteiger partial charge in [0.15, 0.2) is 17.1 Å². The molecular formula is C48H53N3O8S4. The van der Waals surface area contributed by atoms with E-state index in [2.05, 4.69) is 13.8 Å². The first-order valence-electron chi connectivity index (χ1n) is 21.4. The van der Waals surface area contributed by atoms with Crippen LogP contribution < -0.4 is 9.47 Å². The minimum absolute atomic E-state index is 0.0517. The highest BCUT2D eigenvalue weighted by molar-refractivity contribution is 8.26. The third-order valence-electron chi connectivity index (χ3n) is 10.5. The Morgan fingerprint density at radius 1 is 0.667 bits per heavy atom. The minimum Gasteiger partial charge on any atom is -0.456 e. The number of ether oxygens (including phenoxy) is 3. The monoisotopic (exact) mass is 927 g/mol. The van der Waals surface area contributed by atoms with Gasteiger partial charge >= 0.3 is 17.9 Å². The first-order valence-corrected chi connectivity index (χ1v) is 24.7. The molecule has 1 fully saturated rings. The predicted molar refractivity (Wildman–Crippen MR) is 247 cm³/mol. The van der Waals surface area contributed by atoms with Gasteiger partial charge in [0, 0.05) is 0 Å². The number of amides is 2. The van der Waals surface area contributed by atoms with E-state index < -0.39 is 47.2 Å². The Kier molecular flexibility index (Phi) is 16.2. The van der Waals surface area contributed by atoms with Crippen molar-refractivity contribution in [3.05, 3.63) is 91.4 Å². The first-order chi connectivity index (χ1) is 30.2. The summed E-state index contributed by atoms with van der Waals surface area (Å²) in [7, 11) is 0. The number of rotatable bonds is 17. The fourth-order valence-electron chi connectivity index (χ4n) is 7.11. The van der Waals surface area contributed by atoms with E-state index in [4.69, 9.17) is 14.2 Å². The number of nitriles is 1. The van der Waals surface area contributed by atoms with Gasteiger partial charge in [-0.1, -0.05) is 161 Å². The lowest BCUT2D eigenvalue weighted by Gasteiger charge is -2.27. The van der Waals surface area contributed by atoms with Crippen molar-refractivity contribution in [3.8, 4) is 17.6 Å². The van der Waals surface area contributed by atoms with Crippen LogP contribution in [0.15, 0.2) is 99.9 Å². The summed E-state index contributed by atoms with van der Waals surface area (Å²) in [6.45, 7) is 13.4. The number of thioether (sulfide) groups is 4. The summed E-state index contributed by atoms with van der Waals surface area (Å²) in [6, 6.07) is 20.9. The molecule has 0 N–H and O–H groups in total. The summed E-state index contributed by atoms with van der Waals surface area (Å²) >= 11 is 4.35. The number of fused-ring (bicyclic) bond motifs is 2. The van der Waals surface area contributed by atoms with Crippen LogP contribution in [-0.4, -0.2) is 45.3 Å². The van der Waals surface area contributed by atoms with E-state index in [-0.39, 0.29) is 40.0 Å². The Labute approximate surface area is 387 Å². The molecule has 3 heterocycles. The summed E-state index contributed by atoms with van der Waals surface area (Å²) < 4.78 is 19.1. The fraction of sp³-hybridized carbons (Fsp3) is 0.417. The molecule has 3 aliphatic rings. The Hall–Kier alpha value is -4.62. The Bertz CT molecular complexity index is 2220. The Morgan fingerprint density at radius 2 is 1.08 bits per heavy atom. The van der Waals surface area contributed by atoms with Crippen LogP contribution in [0.4, 0.5) is 0 Å². The van der Waals surface area contributed by atoms with Gasteiger partial charge in [-0.15, -0.1) is 0 Å². The molecule has 0 bridgehead atoms. The quantitative estimate of drug-likeness (QED) is 0.0417. The van der Waals surface area contributed by atoms with Crippen LogP contribution >= 0.6 is 47.0 Å². The van der Waals surface area contributed by atoms with Crippen LogP contribution in [0.1, 0.15) is 111 Å². The summed E-state index contributed by atoms with van der Waals surface area (Å²) in [5.41, 5.74) is 0.493. The summed E-state index contributed by atoms with van der Waals surface area (Å²) in [6.07, 6.45) is 5.71. The van der Waals surface area contributed by atoms with E-state index in [0.717, 1.165) is 83.9 Å². The second-order valence-corrected chi connectivity index (χ2v) is 21.0. The molecule has 2 unspecified atom stereocenters. The highest BCUT2D eigenvalue weighted by Crippen LogP contribution is 2.69. The van der Waals surface area contributed by atoms with Gasteiger partial charge in [-0.25, -0.2) is 14.8 Å². The lowest BCUT2D eigenvalue weighted by molar-refractivity contribution is -0.149. The van der Waals surface area contributed by atoms with Gasteiger partial charge in [0.2, 0.25) is 0 Å². The highest BCUT2D eigenvalue weighted by atomic mass is 32.2. The van der Waals surface area contributed by atoms with Crippen molar-refractivity contribution < 1.29 is 38.2 Å². The maximum atomic E-state index is 14.7. The molecular weight excluding hydrogens is 875 g/mol. The largest absolute Gasteiger partial charge is 0.456 e. The van der Waals surface area contributed by atoms with Crippen molar-refractivity contribution >= 4 is 76.8 Å². The molecule has 332 valence electrons. The third kappa shape index (κ3) is 11.0. The van der Waals surface area contributed by atoms with E-state index in [1.165, 1.54) is 10.0 Å². The van der Waals surface area contributed by atoms with Crippen molar-refractivity contribution in [1.82, 2.24) is 10.0 Å². The molecule has 1 saturated heterocycles. The van der Waals surface area contributed by atoms with Gasteiger partial charge in [-0.2, -0.15) is 5.26 Å². The lowest BCUT2D eigenvalue weighted by atomic mass is 10.00. The Morgan fingerprint density at radius 3 is 1.44 bits per heavy atom. The molecule has 2 atom stereocenters. The van der Waals surface area contributed by atoms with Gasteiger partial charge in [0.25, 0.3) is 11.8 Å². The van der Waals surface area contributed by atoms with Gasteiger partial charge in [0.05, 0.1) is 53.0 Å². The van der Waals surface area contributed by atoms with Gasteiger partial charge in [-0.3, -0.25) is 19.2 Å². The number of hydrogen-bond donors (Lipinski definition) is 0. The van der Waals surface area contributed by atoms with Crippen LogP contribution in [0.2, 0.25) is 0 Å². The average molecular weight is 928 g/mol. The molecule has 3 aliphatic heterocycles. The van der Waals surface area contributed by atoms with Crippen molar-refractivity contribution in [3.63, 3.8) is 0 Å². The number of carbonyl (C=O) groups is 5. The van der Waals surface area contributed by atoms with Gasteiger partial charge in [-0.05, 0) is 57.6 Å². The molecule has 11 nitrogen and oxygen atoms in total. The van der Waals surface area contributed by atoms with Crippen LogP contribution in [0.25, 0.3) is 0 Å². The fourth-order valence-corrected chi connectivity index (χ4v) is 12.5. The van der Waals surface area contributed by atoms with Crippen LogP contribution in [0.5, 0.6) is 11.5 Å². The van der Waals surface area contributed by atoms with E-state index in [1.807, 2.05) is 80.6 Å². The Balaban J connectivity index is 1.53. The number of carbonyl (C=O) groups excluding carboxylic acids is 5. The number of unbranched alkanes of at least 4 members (excludes halogenated alkanes) is 2. The maximum Gasteiger partial charge on any atom is 0.351 e. The molecule has 2 amide bonds. The number of hydrazine groups is 1. The summed E-state index contributed by atoms with van der Waals surface area (Å²) in [5.74, 6) is -3.25. The second-order valence-electron chi connectivity index (χ2n) is 16.4. The average Bonchev–Trinajstić information content (AvgIpc) is 3.95. The second kappa shape index (κ2) is 21.4. The van der Waals surface area contributed by atoms with Crippen LogP contribution in [0, 0.1) is 23.2 Å². The van der Waals surface area contributed by atoms with Crippen molar-refractivity contribution in [1.29, 1.82) is 5.26 Å². The molecule has 3 aromatic carbocycles. The molecule has 6 rings (SSSR count). The number of benzene rings is 3. The molecule has 0 saturated carbocycles. The van der Waals surface area contributed by atoms with Crippen LogP contribution in [-0.2, 0) is 41.8 Å². The zero-order valence-corrected chi connectivity index (χ0v) is 40.0. The standard InChI is InChI=1S/C48H53N3O8S4/c1-8-12-24-31(10-3)43(54)57-35-37-38(61-46(60-37)33(26-49)45(56)59-48(5,6)7)36(58-44(55)32(11-4)25-13-9-2)40-39(35)62-47(63-40)34-41(52)50(27-29-20-16-14-17-21-29)51(42(34)53)28-30-22-18-15-19-23-30/h14-23,31-32H,8-13,24-25,27-28H2,1-7H3. The normalized spacial score (nSPS) is 15.6. The van der Waals surface area contributed by atoms with Crippen molar-refractivity contribution in [2.24, 2.45) is 11.8 Å². The molecule has 3 aromatic rings. The molecule has 63 heavy (non-hydrogen) atoms. The molecule has 0 aliphatic carbocycles. The van der Waals surface area contributed by atoms with Crippen LogP contribution in [0.3, 0.4) is 0 Å². The molecule has 0 radical (unpaired) electrons. The number of nitrogens with zero attached hydrogens (tertiary/aromatic N) is 3. The zero-order chi connectivity index (χ0) is 45.4. The summed E-state index contributed by atoms with van der Waals surface area (Å²) in [4.78, 5) is 72.6. The smallest absolute Gasteiger partial charge is 0.351 e. The number of esters is 3. The topological polar surface area (TPSA) is 143 Å². The van der Waals surface area contributed by atoms with E-state index in [9.17, 15) is 29.2 Å². The molecule has 0 spiro atoms. The van der Waals surface area contributed by atoms with Gasteiger partial charge < -0.3 is 14.2 Å². The zero-order valence-electron chi connectivity index (χ0n) is 36.7. The molecule has 0 aromatic heterocycles. The molecule has 15 heteroatoms. The van der Waals surface area contributed by atoms with E-state index >= 15 is 0 Å². The minimum atomic E-state index is -0.885.